The highest BCUT2D eigenvalue weighted by atomic mass is 16.5. The Morgan fingerprint density at radius 3 is 2.85 bits per heavy atom. The monoisotopic (exact) mass is 276 g/mol. The highest BCUT2D eigenvalue weighted by molar-refractivity contribution is 6.11. The van der Waals surface area contributed by atoms with Crippen LogP contribution in [0.2, 0.25) is 0 Å². The van der Waals surface area contributed by atoms with E-state index in [4.69, 9.17) is 14.3 Å². The standard InChI is InChI=1S/C13H12N2O5/c1-19-6-4-10-14-7-8(11(15-10)13(17)18)12(16)9-3-2-5-20-9/h2-3,5,7H,4,6H2,1H3,(H,17,18). The Labute approximate surface area is 114 Å². The molecular weight excluding hydrogens is 264 g/mol. The maximum Gasteiger partial charge on any atom is 0.355 e. The second-order valence-electron chi connectivity index (χ2n) is 3.90. The number of carbonyl (C=O) groups is 2. The van der Waals surface area contributed by atoms with Crippen LogP contribution in [0.4, 0.5) is 0 Å². The molecule has 0 aliphatic carbocycles. The lowest BCUT2D eigenvalue weighted by atomic mass is 10.1. The number of ketones is 1. The molecule has 7 nitrogen and oxygen atoms in total. The van der Waals surface area contributed by atoms with Crippen molar-refractivity contribution in [1.29, 1.82) is 0 Å². The lowest BCUT2D eigenvalue weighted by Gasteiger charge is -2.05. The van der Waals surface area contributed by atoms with Crippen molar-refractivity contribution in [2.24, 2.45) is 0 Å². The normalized spacial score (nSPS) is 10.4. The number of furan rings is 1. The number of carboxylic acid groups (broad SMARTS) is 1. The number of carbonyl (C=O) groups excluding carboxylic acids is 1. The fourth-order valence-electron chi connectivity index (χ4n) is 1.60. The van der Waals surface area contributed by atoms with Gasteiger partial charge in [-0.25, -0.2) is 14.8 Å². The average Bonchev–Trinajstić information content (AvgIpc) is 2.98. The quantitative estimate of drug-likeness (QED) is 0.790. The summed E-state index contributed by atoms with van der Waals surface area (Å²) >= 11 is 0. The topological polar surface area (TPSA) is 103 Å². The minimum absolute atomic E-state index is 0.0424. The summed E-state index contributed by atoms with van der Waals surface area (Å²) in [4.78, 5) is 31.2. The molecule has 0 saturated carbocycles. The molecule has 0 aliphatic rings. The molecule has 2 heterocycles. The van der Waals surface area contributed by atoms with Gasteiger partial charge in [0.1, 0.15) is 5.82 Å². The highest BCUT2D eigenvalue weighted by Gasteiger charge is 2.22. The van der Waals surface area contributed by atoms with Crippen molar-refractivity contribution in [1.82, 2.24) is 9.97 Å². The van der Waals surface area contributed by atoms with Crippen LogP contribution in [0.5, 0.6) is 0 Å². The number of rotatable bonds is 6. The van der Waals surface area contributed by atoms with Gasteiger partial charge in [-0.1, -0.05) is 0 Å². The molecule has 2 rings (SSSR count). The summed E-state index contributed by atoms with van der Waals surface area (Å²) in [6.45, 7) is 0.366. The van der Waals surface area contributed by atoms with E-state index in [2.05, 4.69) is 9.97 Å². The highest BCUT2D eigenvalue weighted by Crippen LogP contribution is 2.13. The molecule has 0 atom stereocenters. The molecule has 0 saturated heterocycles. The smallest absolute Gasteiger partial charge is 0.355 e. The van der Waals surface area contributed by atoms with Gasteiger partial charge in [0.2, 0.25) is 5.78 Å². The SMILES string of the molecule is COCCc1ncc(C(=O)c2ccco2)c(C(=O)O)n1. The van der Waals surface area contributed by atoms with Gasteiger partial charge in [0.15, 0.2) is 11.5 Å². The molecule has 0 radical (unpaired) electrons. The summed E-state index contributed by atoms with van der Waals surface area (Å²) < 4.78 is 9.83. The zero-order chi connectivity index (χ0) is 14.5. The van der Waals surface area contributed by atoms with Gasteiger partial charge in [-0.3, -0.25) is 4.79 Å². The summed E-state index contributed by atoms with van der Waals surface area (Å²) in [5, 5.41) is 9.16. The first-order valence-corrected chi connectivity index (χ1v) is 5.80. The number of ether oxygens (including phenoxy) is 1. The molecule has 1 N–H and O–H groups in total. The molecular formula is C13H12N2O5. The molecule has 2 aromatic heterocycles. The molecule has 7 heteroatoms. The van der Waals surface area contributed by atoms with Crippen molar-refractivity contribution >= 4 is 11.8 Å². The van der Waals surface area contributed by atoms with Crippen molar-refractivity contribution in [3.8, 4) is 0 Å². The van der Waals surface area contributed by atoms with Gasteiger partial charge in [-0.15, -0.1) is 0 Å². The number of hydrogen-bond donors (Lipinski definition) is 1. The Hall–Kier alpha value is -2.54. The average molecular weight is 276 g/mol. The van der Waals surface area contributed by atoms with Crippen LogP contribution in [-0.4, -0.2) is 40.5 Å². The van der Waals surface area contributed by atoms with Crippen molar-refractivity contribution in [3.63, 3.8) is 0 Å². The first-order chi connectivity index (χ1) is 9.63. The summed E-state index contributed by atoms with van der Waals surface area (Å²) in [5.41, 5.74) is -0.443. The predicted molar refractivity (Wildman–Crippen MR) is 66.7 cm³/mol. The van der Waals surface area contributed by atoms with Crippen LogP contribution >= 0.6 is 0 Å². The van der Waals surface area contributed by atoms with Gasteiger partial charge < -0.3 is 14.3 Å². The second kappa shape index (κ2) is 6.07. The Morgan fingerprint density at radius 1 is 1.45 bits per heavy atom. The second-order valence-corrected chi connectivity index (χ2v) is 3.90. The number of methoxy groups -OCH3 is 1. The molecule has 2 aromatic rings. The molecule has 0 bridgehead atoms. The maximum absolute atomic E-state index is 12.1. The molecule has 0 fully saturated rings. The Morgan fingerprint density at radius 2 is 2.25 bits per heavy atom. The van der Waals surface area contributed by atoms with Gasteiger partial charge >= 0.3 is 5.97 Å². The third-order valence-electron chi connectivity index (χ3n) is 2.56. The summed E-state index contributed by atoms with van der Waals surface area (Å²) in [5.74, 6) is -1.51. The van der Waals surface area contributed by atoms with E-state index >= 15 is 0 Å². The minimum Gasteiger partial charge on any atom is -0.476 e. The first-order valence-electron chi connectivity index (χ1n) is 5.80. The molecule has 0 amide bonds. The van der Waals surface area contributed by atoms with Crippen LogP contribution in [0.15, 0.2) is 29.0 Å². The predicted octanol–water partition coefficient (Wildman–Crippen LogP) is 1.19. The maximum atomic E-state index is 12.1. The van der Waals surface area contributed by atoms with Crippen LogP contribution in [0.3, 0.4) is 0 Å². The summed E-state index contributed by atoms with van der Waals surface area (Å²) in [7, 11) is 1.52. The van der Waals surface area contributed by atoms with Gasteiger partial charge in [0, 0.05) is 19.7 Å². The van der Waals surface area contributed by atoms with Crippen molar-refractivity contribution in [2.75, 3.05) is 13.7 Å². The van der Waals surface area contributed by atoms with E-state index in [0.717, 1.165) is 0 Å². The zero-order valence-corrected chi connectivity index (χ0v) is 10.7. The molecule has 0 aromatic carbocycles. The molecule has 0 unspecified atom stereocenters. The van der Waals surface area contributed by atoms with Gasteiger partial charge in [-0.2, -0.15) is 0 Å². The molecule has 20 heavy (non-hydrogen) atoms. The third kappa shape index (κ3) is 2.89. The van der Waals surface area contributed by atoms with E-state index in [-0.39, 0.29) is 17.0 Å². The van der Waals surface area contributed by atoms with Crippen LogP contribution in [-0.2, 0) is 11.2 Å². The molecule has 104 valence electrons. The number of nitrogens with zero attached hydrogens (tertiary/aromatic N) is 2. The zero-order valence-electron chi connectivity index (χ0n) is 10.7. The van der Waals surface area contributed by atoms with E-state index < -0.39 is 11.8 Å². The van der Waals surface area contributed by atoms with Crippen LogP contribution in [0.25, 0.3) is 0 Å². The van der Waals surface area contributed by atoms with Crippen LogP contribution < -0.4 is 0 Å². The largest absolute Gasteiger partial charge is 0.476 e. The van der Waals surface area contributed by atoms with Crippen molar-refractivity contribution < 1.29 is 23.8 Å². The Kier molecular flexibility index (Phi) is 4.21. The number of aromatic carboxylic acids is 1. The summed E-state index contributed by atoms with van der Waals surface area (Å²) in [6.07, 6.45) is 2.90. The lowest BCUT2D eigenvalue weighted by molar-refractivity contribution is 0.0685. The van der Waals surface area contributed by atoms with Crippen molar-refractivity contribution in [3.05, 3.63) is 47.4 Å². The fourth-order valence-corrected chi connectivity index (χ4v) is 1.60. The number of carboxylic acids is 1. The van der Waals surface area contributed by atoms with Gasteiger partial charge in [-0.05, 0) is 12.1 Å². The number of hydrogen-bond acceptors (Lipinski definition) is 6. The molecule has 0 spiro atoms. The van der Waals surface area contributed by atoms with Gasteiger partial charge in [0.05, 0.1) is 18.4 Å². The Bertz CT molecular complexity index is 622. The van der Waals surface area contributed by atoms with E-state index in [0.29, 0.717) is 18.9 Å². The molecule has 0 aliphatic heterocycles. The number of aromatic nitrogens is 2. The third-order valence-corrected chi connectivity index (χ3v) is 2.56. The minimum atomic E-state index is -1.29. The van der Waals surface area contributed by atoms with Crippen molar-refractivity contribution in [2.45, 2.75) is 6.42 Å². The van der Waals surface area contributed by atoms with Gasteiger partial charge in [0.25, 0.3) is 0 Å². The van der Waals surface area contributed by atoms with Crippen LogP contribution in [0.1, 0.15) is 32.4 Å². The summed E-state index contributed by atoms with van der Waals surface area (Å²) in [6, 6.07) is 2.99. The first kappa shape index (κ1) is 13.9. The van der Waals surface area contributed by atoms with E-state index in [1.807, 2.05) is 0 Å². The Balaban J connectivity index is 2.37. The lowest BCUT2D eigenvalue weighted by Crippen LogP contribution is -2.15. The van der Waals surface area contributed by atoms with E-state index in [9.17, 15) is 9.59 Å². The van der Waals surface area contributed by atoms with E-state index in [1.54, 1.807) is 6.07 Å². The fraction of sp³-hybridized carbons (Fsp3) is 0.231. The van der Waals surface area contributed by atoms with Crippen LogP contribution in [0, 0.1) is 0 Å². The van der Waals surface area contributed by atoms with E-state index in [1.165, 1.54) is 25.6 Å².